The number of pyridine rings is 1. The topological polar surface area (TPSA) is 72.9 Å². The Morgan fingerprint density at radius 3 is 3.09 bits per heavy atom. The number of anilines is 1. The van der Waals surface area contributed by atoms with E-state index in [-0.39, 0.29) is 18.5 Å². The maximum Gasteiger partial charge on any atom is 0.407 e. The summed E-state index contributed by atoms with van der Waals surface area (Å²) in [6.45, 7) is 4.48. The summed E-state index contributed by atoms with van der Waals surface area (Å²) in [4.78, 5) is 18.8. The number of carbonyl (C=O) groups is 1. The predicted molar refractivity (Wildman–Crippen MR) is 123 cm³/mol. The van der Waals surface area contributed by atoms with Gasteiger partial charge in [-0.25, -0.2) is 9.18 Å². The summed E-state index contributed by atoms with van der Waals surface area (Å²) in [5, 5.41) is 3.64. The fourth-order valence-corrected chi connectivity index (χ4v) is 4.32. The zero-order valence-electron chi connectivity index (χ0n) is 18.5. The number of fused-ring (bicyclic) bond motifs is 4. The highest BCUT2D eigenvalue weighted by atomic mass is 19.1. The van der Waals surface area contributed by atoms with Crippen LogP contribution < -0.4 is 19.7 Å². The molecule has 2 aliphatic rings. The van der Waals surface area contributed by atoms with Gasteiger partial charge in [0.1, 0.15) is 12.4 Å². The highest BCUT2D eigenvalue weighted by Gasteiger charge is 2.24. The third kappa shape index (κ3) is 4.65. The second kappa shape index (κ2) is 9.13. The van der Waals surface area contributed by atoms with E-state index in [1.54, 1.807) is 6.07 Å². The molecular formula is C25H26FN3O4. The molecule has 0 saturated carbocycles. The van der Waals surface area contributed by atoms with Crippen LogP contribution in [-0.2, 0) is 11.2 Å². The summed E-state index contributed by atoms with van der Waals surface area (Å²) in [6, 6.07) is 12.6. The van der Waals surface area contributed by atoms with E-state index in [9.17, 15) is 9.18 Å². The minimum absolute atomic E-state index is 0.202. The van der Waals surface area contributed by atoms with Gasteiger partial charge in [0.25, 0.3) is 0 Å². The number of aryl methyl sites for hydroxylation is 1. The van der Waals surface area contributed by atoms with Crippen LogP contribution in [0, 0.1) is 12.7 Å². The van der Waals surface area contributed by atoms with E-state index in [0.29, 0.717) is 31.1 Å². The average Bonchev–Trinajstić information content (AvgIpc) is 3.21. The van der Waals surface area contributed by atoms with Crippen LogP contribution in [0.2, 0.25) is 0 Å². The molecule has 0 bridgehead atoms. The molecule has 33 heavy (non-hydrogen) atoms. The van der Waals surface area contributed by atoms with Crippen LogP contribution in [0.25, 0.3) is 10.9 Å². The molecule has 0 saturated heterocycles. The summed E-state index contributed by atoms with van der Waals surface area (Å²) in [6.07, 6.45) is 0.729. The van der Waals surface area contributed by atoms with Gasteiger partial charge in [-0.15, -0.1) is 0 Å². The molecular weight excluding hydrogens is 425 g/mol. The maximum atomic E-state index is 13.3. The summed E-state index contributed by atoms with van der Waals surface area (Å²) in [5.74, 6) is 1.13. The molecule has 0 fully saturated rings. The Balaban J connectivity index is 1.07. The maximum absolute atomic E-state index is 13.3. The van der Waals surface area contributed by atoms with Gasteiger partial charge in [-0.05, 0) is 67.8 Å². The second-order valence-corrected chi connectivity index (χ2v) is 8.34. The van der Waals surface area contributed by atoms with Gasteiger partial charge >= 0.3 is 6.09 Å². The quantitative estimate of drug-likeness (QED) is 0.571. The van der Waals surface area contributed by atoms with Gasteiger partial charge in [-0.3, -0.25) is 4.98 Å². The van der Waals surface area contributed by atoms with Crippen molar-refractivity contribution in [2.24, 2.45) is 0 Å². The molecule has 3 aromatic rings. The van der Waals surface area contributed by atoms with Crippen LogP contribution in [0.1, 0.15) is 17.7 Å². The van der Waals surface area contributed by atoms with E-state index >= 15 is 0 Å². The first-order valence-corrected chi connectivity index (χ1v) is 11.2. The molecule has 8 heteroatoms. The van der Waals surface area contributed by atoms with E-state index in [1.807, 2.05) is 37.3 Å². The Bertz CT molecular complexity index is 1190. The Kier molecular flexibility index (Phi) is 5.90. The lowest BCUT2D eigenvalue weighted by Crippen LogP contribution is -2.41. The third-order valence-corrected chi connectivity index (χ3v) is 5.95. The number of halogens is 1. The Morgan fingerprint density at radius 1 is 1.27 bits per heavy atom. The second-order valence-electron chi connectivity index (χ2n) is 8.34. The Hall–Kier alpha value is -3.55. The van der Waals surface area contributed by atoms with Crippen LogP contribution in [0.5, 0.6) is 11.5 Å². The molecule has 1 N–H and O–H groups in total. The van der Waals surface area contributed by atoms with E-state index in [1.165, 1.54) is 6.07 Å². The number of amides is 1. The molecule has 7 nitrogen and oxygen atoms in total. The van der Waals surface area contributed by atoms with Crippen LogP contribution in [0.4, 0.5) is 14.9 Å². The molecule has 3 heterocycles. The Labute approximate surface area is 191 Å². The normalized spacial score (nSPS) is 16.5. The first kappa shape index (κ1) is 21.3. The zero-order chi connectivity index (χ0) is 22.8. The first-order valence-electron chi connectivity index (χ1n) is 11.2. The molecule has 0 spiro atoms. The van der Waals surface area contributed by atoms with Crippen molar-refractivity contribution in [3.63, 3.8) is 0 Å². The number of hydrogen-bond acceptors (Lipinski definition) is 6. The lowest BCUT2D eigenvalue weighted by Gasteiger charge is -2.27. The molecule has 2 aliphatic heterocycles. The number of hydrogen-bond donors (Lipinski definition) is 1. The summed E-state index contributed by atoms with van der Waals surface area (Å²) >= 11 is 0. The molecule has 172 valence electrons. The standard InChI is InChI=1S/C25H26FN3O4/c1-16-3-5-20-21(28-16)6-8-23-24(20)33-19(15-32-23)14-27-25(30)31-12-2-10-29-11-9-17-13-18(26)4-7-22(17)29/h3-8,13,19H,2,9-12,14-15H2,1H3,(H,27,30)/t19-/m0/s1. The molecule has 0 radical (unpaired) electrons. The predicted octanol–water partition coefficient (Wildman–Crippen LogP) is 4.00. The molecule has 0 aliphatic carbocycles. The van der Waals surface area contributed by atoms with Gasteiger partial charge in [-0.1, -0.05) is 0 Å². The van der Waals surface area contributed by atoms with Crippen LogP contribution in [-0.4, -0.2) is 50.0 Å². The fraction of sp³-hybridized carbons (Fsp3) is 0.360. The van der Waals surface area contributed by atoms with Crippen molar-refractivity contribution < 1.29 is 23.4 Å². The molecule has 1 aromatic heterocycles. The van der Waals surface area contributed by atoms with Gasteiger partial charge in [0.05, 0.1) is 18.7 Å². The lowest BCUT2D eigenvalue weighted by molar-refractivity contribution is 0.0873. The number of aromatic nitrogens is 1. The number of alkyl carbamates (subject to hydrolysis) is 1. The van der Waals surface area contributed by atoms with E-state index in [0.717, 1.165) is 47.4 Å². The number of rotatable bonds is 6. The first-order chi connectivity index (χ1) is 16.1. The number of benzene rings is 2. The van der Waals surface area contributed by atoms with Crippen LogP contribution in [0.15, 0.2) is 42.5 Å². The number of ether oxygens (including phenoxy) is 3. The Morgan fingerprint density at radius 2 is 2.18 bits per heavy atom. The third-order valence-electron chi connectivity index (χ3n) is 5.95. The van der Waals surface area contributed by atoms with Gasteiger partial charge in [0.15, 0.2) is 17.6 Å². The van der Waals surface area contributed by atoms with Crippen molar-refractivity contribution in [3.05, 3.63) is 59.5 Å². The smallest absolute Gasteiger partial charge is 0.407 e. The van der Waals surface area contributed by atoms with Crippen molar-refractivity contribution in [2.45, 2.75) is 25.9 Å². The van der Waals surface area contributed by atoms with E-state index in [4.69, 9.17) is 14.2 Å². The fourth-order valence-electron chi connectivity index (χ4n) is 4.32. The number of carbonyl (C=O) groups excluding carboxylic acids is 1. The van der Waals surface area contributed by atoms with Crippen molar-refractivity contribution >= 4 is 22.7 Å². The van der Waals surface area contributed by atoms with Crippen LogP contribution in [0.3, 0.4) is 0 Å². The zero-order valence-corrected chi connectivity index (χ0v) is 18.5. The van der Waals surface area contributed by atoms with E-state index < -0.39 is 6.09 Å². The summed E-state index contributed by atoms with van der Waals surface area (Å²) in [5.41, 5.74) is 3.87. The number of nitrogens with zero attached hydrogens (tertiary/aromatic N) is 2. The number of nitrogens with one attached hydrogen (secondary N) is 1. The summed E-state index contributed by atoms with van der Waals surface area (Å²) in [7, 11) is 0. The van der Waals surface area contributed by atoms with Gasteiger partial charge in [0.2, 0.25) is 0 Å². The van der Waals surface area contributed by atoms with Gasteiger partial charge in [-0.2, -0.15) is 0 Å². The average molecular weight is 451 g/mol. The van der Waals surface area contributed by atoms with Crippen LogP contribution >= 0.6 is 0 Å². The molecule has 1 amide bonds. The largest absolute Gasteiger partial charge is 0.486 e. The summed E-state index contributed by atoms with van der Waals surface area (Å²) < 4.78 is 30.6. The van der Waals surface area contributed by atoms with Crippen molar-refractivity contribution in [1.29, 1.82) is 0 Å². The minimum Gasteiger partial charge on any atom is -0.486 e. The van der Waals surface area contributed by atoms with Crippen molar-refractivity contribution in [3.8, 4) is 11.5 Å². The monoisotopic (exact) mass is 451 g/mol. The van der Waals surface area contributed by atoms with Gasteiger partial charge < -0.3 is 24.4 Å². The van der Waals surface area contributed by atoms with E-state index in [2.05, 4.69) is 15.2 Å². The molecule has 2 aromatic carbocycles. The van der Waals surface area contributed by atoms with Crippen molar-refractivity contribution in [2.75, 3.05) is 37.7 Å². The van der Waals surface area contributed by atoms with Gasteiger partial charge in [0, 0.05) is 29.9 Å². The highest BCUT2D eigenvalue weighted by Crippen LogP contribution is 2.38. The molecule has 1 atom stereocenters. The lowest BCUT2D eigenvalue weighted by atomic mass is 10.1. The minimum atomic E-state index is -0.483. The van der Waals surface area contributed by atoms with Crippen molar-refractivity contribution in [1.82, 2.24) is 10.3 Å². The highest BCUT2D eigenvalue weighted by molar-refractivity contribution is 5.88. The molecule has 0 unspecified atom stereocenters. The SMILES string of the molecule is Cc1ccc2c3c(ccc2n1)OC[C@H](CNC(=O)OCCCN1CCc2cc(F)ccc21)O3. The molecule has 5 rings (SSSR count).